The summed E-state index contributed by atoms with van der Waals surface area (Å²) >= 11 is 0. The highest BCUT2D eigenvalue weighted by atomic mass is 16.5. The first-order chi connectivity index (χ1) is 7.81. The van der Waals surface area contributed by atoms with Crippen LogP contribution in [0.5, 0.6) is 0 Å². The van der Waals surface area contributed by atoms with E-state index >= 15 is 0 Å². The Hall–Kier alpha value is -2.23. The van der Waals surface area contributed by atoms with E-state index in [1.807, 2.05) is 12.1 Å². The number of esters is 1. The molecule has 0 spiro atoms. The van der Waals surface area contributed by atoms with Gasteiger partial charge in [-0.15, -0.1) is 0 Å². The second-order valence-corrected chi connectivity index (χ2v) is 3.17. The lowest BCUT2D eigenvalue weighted by Gasteiger charge is -2.01. The quantitative estimate of drug-likeness (QED) is 0.717. The molecular formula is C12H10N2O2. The first-order valence-electron chi connectivity index (χ1n) is 4.76. The molecule has 0 bridgehead atoms. The van der Waals surface area contributed by atoms with Crippen molar-refractivity contribution in [1.82, 2.24) is 9.97 Å². The number of methoxy groups -OCH3 is 1. The summed E-state index contributed by atoms with van der Waals surface area (Å²) in [5.74, 6) is -0.384. The first kappa shape index (κ1) is 10.3. The highest BCUT2D eigenvalue weighted by molar-refractivity contribution is 5.89. The lowest BCUT2D eigenvalue weighted by molar-refractivity contribution is 0.0600. The third-order valence-corrected chi connectivity index (χ3v) is 2.14. The SMILES string of the molecule is COC(=O)c1ccc(-c2cccnc2)nc1. The van der Waals surface area contributed by atoms with E-state index in [0.717, 1.165) is 11.3 Å². The molecule has 0 amide bonds. The van der Waals surface area contributed by atoms with E-state index in [2.05, 4.69) is 14.7 Å². The van der Waals surface area contributed by atoms with Crippen LogP contribution in [-0.2, 0) is 4.74 Å². The summed E-state index contributed by atoms with van der Waals surface area (Å²) in [5, 5.41) is 0. The van der Waals surface area contributed by atoms with Crippen molar-refractivity contribution in [3.8, 4) is 11.3 Å². The lowest BCUT2D eigenvalue weighted by atomic mass is 10.1. The fourth-order valence-electron chi connectivity index (χ4n) is 1.32. The molecule has 0 saturated heterocycles. The van der Waals surface area contributed by atoms with E-state index < -0.39 is 0 Å². The molecule has 0 radical (unpaired) electrons. The Balaban J connectivity index is 2.30. The Morgan fingerprint density at radius 2 is 2.12 bits per heavy atom. The summed E-state index contributed by atoms with van der Waals surface area (Å²) in [6, 6.07) is 7.20. The highest BCUT2D eigenvalue weighted by Gasteiger charge is 2.05. The van der Waals surface area contributed by atoms with Gasteiger partial charge in [0.05, 0.1) is 18.4 Å². The van der Waals surface area contributed by atoms with Crippen LogP contribution < -0.4 is 0 Å². The van der Waals surface area contributed by atoms with Gasteiger partial charge in [0, 0.05) is 24.2 Å². The third kappa shape index (κ3) is 2.06. The van der Waals surface area contributed by atoms with Gasteiger partial charge in [-0.25, -0.2) is 4.79 Å². The Labute approximate surface area is 92.9 Å². The molecule has 2 aromatic rings. The second kappa shape index (κ2) is 4.53. The van der Waals surface area contributed by atoms with E-state index in [1.165, 1.54) is 13.3 Å². The molecule has 0 aromatic carbocycles. The predicted octanol–water partition coefficient (Wildman–Crippen LogP) is 1.93. The minimum absolute atomic E-state index is 0.384. The number of carbonyl (C=O) groups is 1. The van der Waals surface area contributed by atoms with Gasteiger partial charge in [-0.2, -0.15) is 0 Å². The van der Waals surface area contributed by atoms with Crippen LogP contribution in [0.1, 0.15) is 10.4 Å². The minimum atomic E-state index is -0.384. The molecule has 80 valence electrons. The average Bonchev–Trinajstić information content (AvgIpc) is 2.39. The lowest BCUT2D eigenvalue weighted by Crippen LogP contribution is -2.01. The number of rotatable bonds is 2. The zero-order valence-electron chi connectivity index (χ0n) is 8.75. The van der Waals surface area contributed by atoms with Gasteiger partial charge >= 0.3 is 5.97 Å². The van der Waals surface area contributed by atoms with Crippen molar-refractivity contribution < 1.29 is 9.53 Å². The van der Waals surface area contributed by atoms with Crippen LogP contribution in [0.2, 0.25) is 0 Å². The Morgan fingerprint density at radius 3 is 2.69 bits per heavy atom. The third-order valence-electron chi connectivity index (χ3n) is 2.14. The molecule has 16 heavy (non-hydrogen) atoms. The fourth-order valence-corrected chi connectivity index (χ4v) is 1.32. The van der Waals surface area contributed by atoms with Gasteiger partial charge in [0.1, 0.15) is 0 Å². The maximum Gasteiger partial charge on any atom is 0.339 e. The largest absolute Gasteiger partial charge is 0.465 e. The first-order valence-corrected chi connectivity index (χ1v) is 4.76. The van der Waals surface area contributed by atoms with Gasteiger partial charge in [-0.3, -0.25) is 9.97 Å². The average molecular weight is 214 g/mol. The molecule has 0 aliphatic heterocycles. The van der Waals surface area contributed by atoms with E-state index in [9.17, 15) is 4.79 Å². The zero-order valence-corrected chi connectivity index (χ0v) is 8.75. The molecular weight excluding hydrogens is 204 g/mol. The van der Waals surface area contributed by atoms with Crippen molar-refractivity contribution in [2.45, 2.75) is 0 Å². The number of carbonyl (C=O) groups excluding carboxylic acids is 1. The van der Waals surface area contributed by atoms with Crippen molar-refractivity contribution in [2.75, 3.05) is 7.11 Å². The smallest absolute Gasteiger partial charge is 0.339 e. The summed E-state index contributed by atoms with van der Waals surface area (Å²) in [6.45, 7) is 0. The molecule has 0 saturated carbocycles. The molecule has 2 rings (SSSR count). The Kier molecular flexibility index (Phi) is 2.91. The van der Waals surface area contributed by atoms with Crippen molar-refractivity contribution in [2.24, 2.45) is 0 Å². The Morgan fingerprint density at radius 1 is 1.25 bits per heavy atom. The second-order valence-electron chi connectivity index (χ2n) is 3.17. The van der Waals surface area contributed by atoms with Crippen LogP contribution in [0.25, 0.3) is 11.3 Å². The molecule has 0 aliphatic rings. The van der Waals surface area contributed by atoms with Gasteiger partial charge in [-0.1, -0.05) is 0 Å². The van der Waals surface area contributed by atoms with Gasteiger partial charge in [0.25, 0.3) is 0 Å². The highest BCUT2D eigenvalue weighted by Crippen LogP contribution is 2.15. The molecule has 2 aromatic heterocycles. The maximum absolute atomic E-state index is 11.2. The zero-order chi connectivity index (χ0) is 11.4. The van der Waals surface area contributed by atoms with E-state index in [0.29, 0.717) is 5.56 Å². The molecule has 0 unspecified atom stereocenters. The predicted molar refractivity (Wildman–Crippen MR) is 58.8 cm³/mol. The summed E-state index contributed by atoms with van der Waals surface area (Å²) in [4.78, 5) is 19.4. The van der Waals surface area contributed by atoms with Crippen LogP contribution in [0.3, 0.4) is 0 Å². The fraction of sp³-hybridized carbons (Fsp3) is 0.0833. The maximum atomic E-state index is 11.2. The van der Waals surface area contributed by atoms with E-state index in [1.54, 1.807) is 24.5 Å². The van der Waals surface area contributed by atoms with Crippen LogP contribution >= 0.6 is 0 Å². The standard InChI is InChI=1S/C12H10N2O2/c1-16-12(15)10-4-5-11(14-8-10)9-3-2-6-13-7-9/h2-8H,1H3. The molecule has 0 aliphatic carbocycles. The molecule has 0 N–H and O–H groups in total. The number of aromatic nitrogens is 2. The summed E-state index contributed by atoms with van der Waals surface area (Å²) in [7, 11) is 1.34. The van der Waals surface area contributed by atoms with Crippen molar-refractivity contribution >= 4 is 5.97 Å². The topological polar surface area (TPSA) is 52.1 Å². The van der Waals surface area contributed by atoms with Crippen LogP contribution in [0, 0.1) is 0 Å². The summed E-state index contributed by atoms with van der Waals surface area (Å²) in [6.07, 6.45) is 4.92. The monoisotopic (exact) mass is 214 g/mol. The minimum Gasteiger partial charge on any atom is -0.465 e. The molecule has 2 heterocycles. The van der Waals surface area contributed by atoms with Gasteiger partial charge in [0.15, 0.2) is 0 Å². The summed E-state index contributed by atoms with van der Waals surface area (Å²) in [5.41, 5.74) is 2.13. The number of ether oxygens (including phenoxy) is 1. The van der Waals surface area contributed by atoms with Crippen LogP contribution in [0.4, 0.5) is 0 Å². The van der Waals surface area contributed by atoms with E-state index in [-0.39, 0.29) is 5.97 Å². The number of nitrogens with zero attached hydrogens (tertiary/aromatic N) is 2. The molecule has 4 heteroatoms. The normalized spacial score (nSPS) is 9.81. The van der Waals surface area contributed by atoms with Crippen LogP contribution in [0.15, 0.2) is 42.9 Å². The van der Waals surface area contributed by atoms with E-state index in [4.69, 9.17) is 0 Å². The number of hydrogen-bond donors (Lipinski definition) is 0. The van der Waals surface area contributed by atoms with Crippen molar-refractivity contribution in [1.29, 1.82) is 0 Å². The molecule has 0 atom stereocenters. The number of hydrogen-bond acceptors (Lipinski definition) is 4. The summed E-state index contributed by atoms with van der Waals surface area (Å²) < 4.78 is 4.59. The van der Waals surface area contributed by atoms with Gasteiger partial charge in [-0.05, 0) is 24.3 Å². The van der Waals surface area contributed by atoms with Crippen molar-refractivity contribution in [3.05, 3.63) is 48.4 Å². The molecule has 0 fully saturated rings. The molecule has 4 nitrogen and oxygen atoms in total. The Bertz CT molecular complexity index is 480. The van der Waals surface area contributed by atoms with Gasteiger partial charge in [0.2, 0.25) is 0 Å². The number of pyridine rings is 2. The van der Waals surface area contributed by atoms with Crippen LogP contribution in [-0.4, -0.2) is 23.0 Å². The van der Waals surface area contributed by atoms with Crippen molar-refractivity contribution in [3.63, 3.8) is 0 Å². The van der Waals surface area contributed by atoms with Gasteiger partial charge < -0.3 is 4.74 Å².